The second kappa shape index (κ2) is 8.51. The molecule has 1 unspecified atom stereocenters. The van der Waals surface area contributed by atoms with Gasteiger partial charge in [-0.15, -0.1) is 0 Å². The van der Waals surface area contributed by atoms with Crippen molar-refractivity contribution < 1.29 is 13.9 Å². The van der Waals surface area contributed by atoms with Crippen molar-refractivity contribution in [2.24, 2.45) is 0 Å². The Morgan fingerprint density at radius 2 is 2.04 bits per heavy atom. The fourth-order valence-corrected chi connectivity index (χ4v) is 3.44. The minimum Gasteiger partial charge on any atom is -0.489 e. The van der Waals surface area contributed by atoms with Crippen LogP contribution in [-0.4, -0.2) is 30.0 Å². The first kappa shape index (κ1) is 19.3. The lowest BCUT2D eigenvalue weighted by atomic mass is 9.94. The summed E-state index contributed by atoms with van der Waals surface area (Å²) in [6, 6.07) is 10.9. The molecule has 2 heterocycles. The number of anilines is 1. The topological polar surface area (TPSA) is 42.4 Å². The van der Waals surface area contributed by atoms with Gasteiger partial charge in [0.05, 0.1) is 6.54 Å². The maximum atomic E-state index is 14.0. The summed E-state index contributed by atoms with van der Waals surface area (Å²) in [7, 11) is 0. The lowest BCUT2D eigenvalue weighted by Crippen LogP contribution is -2.26. The van der Waals surface area contributed by atoms with Crippen LogP contribution in [0.4, 0.5) is 10.2 Å². The molecule has 144 valence electrons. The molecular formula is C22H27FN2O2. The molecule has 0 bridgehead atoms. The van der Waals surface area contributed by atoms with Crippen LogP contribution in [0.3, 0.4) is 0 Å². The summed E-state index contributed by atoms with van der Waals surface area (Å²) in [6.07, 6.45) is 2.30. The largest absolute Gasteiger partial charge is 0.489 e. The van der Waals surface area contributed by atoms with Gasteiger partial charge in [0.2, 0.25) is 0 Å². The molecule has 2 aromatic rings. The van der Waals surface area contributed by atoms with Crippen LogP contribution in [0.1, 0.15) is 50.3 Å². The predicted octanol–water partition coefficient (Wildman–Crippen LogP) is 4.66. The molecule has 0 amide bonds. The van der Waals surface area contributed by atoms with Crippen LogP contribution in [0, 0.1) is 12.7 Å². The van der Waals surface area contributed by atoms with E-state index in [-0.39, 0.29) is 23.6 Å². The van der Waals surface area contributed by atoms with Crippen molar-refractivity contribution in [3.8, 4) is 5.75 Å². The second-order valence-electron chi connectivity index (χ2n) is 7.24. The Hall–Kier alpha value is -2.43. The number of Topliss-reactive ketones (excluding diaryl/α,β-unsaturated/α-hetero) is 1. The van der Waals surface area contributed by atoms with Gasteiger partial charge in [0, 0.05) is 31.0 Å². The number of hydrogen-bond donors (Lipinski definition) is 0. The van der Waals surface area contributed by atoms with E-state index in [1.807, 2.05) is 49.9 Å². The van der Waals surface area contributed by atoms with Crippen molar-refractivity contribution in [1.29, 1.82) is 0 Å². The first-order valence-corrected chi connectivity index (χ1v) is 9.65. The smallest absolute Gasteiger partial charge is 0.165 e. The van der Waals surface area contributed by atoms with Crippen molar-refractivity contribution in [1.82, 2.24) is 4.98 Å². The fourth-order valence-electron chi connectivity index (χ4n) is 3.44. The molecule has 0 N–H and O–H groups in total. The minimum absolute atomic E-state index is 0.00305. The van der Waals surface area contributed by atoms with Crippen molar-refractivity contribution in [3.05, 3.63) is 53.5 Å². The molecule has 1 aliphatic heterocycles. The maximum absolute atomic E-state index is 14.0. The number of carbonyl (C=O) groups is 1. The lowest BCUT2D eigenvalue weighted by Gasteiger charge is -2.19. The molecule has 0 aliphatic carbocycles. The Morgan fingerprint density at radius 3 is 2.74 bits per heavy atom. The molecule has 1 aliphatic rings. The van der Waals surface area contributed by atoms with E-state index in [1.54, 1.807) is 6.07 Å². The van der Waals surface area contributed by atoms with Gasteiger partial charge < -0.3 is 9.64 Å². The summed E-state index contributed by atoms with van der Waals surface area (Å²) in [4.78, 5) is 18.3. The molecule has 1 fully saturated rings. The highest BCUT2D eigenvalue weighted by Crippen LogP contribution is 2.26. The molecule has 4 nitrogen and oxygen atoms in total. The molecule has 1 aromatic carbocycles. The van der Waals surface area contributed by atoms with Crippen LogP contribution in [0.15, 0.2) is 36.4 Å². The van der Waals surface area contributed by atoms with E-state index in [0.29, 0.717) is 18.8 Å². The van der Waals surface area contributed by atoms with Gasteiger partial charge in [-0.3, -0.25) is 4.79 Å². The van der Waals surface area contributed by atoms with E-state index in [0.717, 1.165) is 36.4 Å². The van der Waals surface area contributed by atoms with Gasteiger partial charge in [-0.2, -0.15) is 0 Å². The highest BCUT2D eigenvalue weighted by molar-refractivity contribution is 5.85. The predicted molar refractivity (Wildman–Crippen MR) is 105 cm³/mol. The van der Waals surface area contributed by atoms with Crippen LogP contribution >= 0.6 is 0 Å². The number of carbonyl (C=O) groups excluding carboxylic acids is 1. The quantitative estimate of drug-likeness (QED) is 0.711. The van der Waals surface area contributed by atoms with Crippen molar-refractivity contribution >= 4 is 11.6 Å². The first-order chi connectivity index (χ1) is 13.0. The summed E-state index contributed by atoms with van der Waals surface area (Å²) in [5.41, 5.74) is 1.82. The number of ether oxygens (including phenoxy) is 1. The van der Waals surface area contributed by atoms with Gasteiger partial charge in [0.1, 0.15) is 17.6 Å². The Kier molecular flexibility index (Phi) is 6.09. The molecule has 1 aromatic heterocycles. The number of ketones is 1. The highest BCUT2D eigenvalue weighted by atomic mass is 19.1. The van der Waals surface area contributed by atoms with Gasteiger partial charge in [0.25, 0.3) is 0 Å². The molecule has 5 heteroatoms. The number of halogens is 1. The molecule has 2 atom stereocenters. The van der Waals surface area contributed by atoms with E-state index >= 15 is 0 Å². The lowest BCUT2D eigenvalue weighted by molar-refractivity contribution is -0.120. The van der Waals surface area contributed by atoms with E-state index in [9.17, 15) is 9.18 Å². The van der Waals surface area contributed by atoms with Crippen LogP contribution < -0.4 is 9.64 Å². The molecule has 0 radical (unpaired) electrons. The summed E-state index contributed by atoms with van der Waals surface area (Å²) in [5.74, 6) is 1.07. The second-order valence-corrected chi connectivity index (χ2v) is 7.24. The molecule has 0 spiro atoms. The average molecular weight is 370 g/mol. The number of nitrogens with zero attached hydrogens (tertiary/aromatic N) is 2. The minimum atomic E-state index is -0.295. The van der Waals surface area contributed by atoms with Gasteiger partial charge in [-0.05, 0) is 43.2 Å². The number of rotatable bonds is 7. The normalized spacial score (nSPS) is 17.8. The molecule has 0 saturated carbocycles. The third-order valence-electron chi connectivity index (χ3n) is 5.07. The SMILES string of the molecule is CCCC(=O)C(C)c1ccc(O[C@@H]2CCN(c3nc(C)ccc3F)C2)cc1. The van der Waals surface area contributed by atoms with E-state index in [4.69, 9.17) is 4.74 Å². The van der Waals surface area contributed by atoms with E-state index in [2.05, 4.69) is 4.98 Å². The molecule has 27 heavy (non-hydrogen) atoms. The van der Waals surface area contributed by atoms with E-state index < -0.39 is 0 Å². The van der Waals surface area contributed by atoms with Crippen LogP contribution in [0.2, 0.25) is 0 Å². The zero-order chi connectivity index (χ0) is 19.4. The molecule has 3 rings (SSSR count). The Bertz CT molecular complexity index is 791. The van der Waals surface area contributed by atoms with Crippen molar-refractivity contribution in [2.75, 3.05) is 18.0 Å². The summed E-state index contributed by atoms with van der Waals surface area (Å²) >= 11 is 0. The van der Waals surface area contributed by atoms with Crippen LogP contribution in [0.5, 0.6) is 5.75 Å². The monoisotopic (exact) mass is 370 g/mol. The van der Waals surface area contributed by atoms with Crippen molar-refractivity contribution in [2.45, 2.75) is 52.1 Å². The van der Waals surface area contributed by atoms with Gasteiger partial charge in [-0.1, -0.05) is 26.0 Å². The highest BCUT2D eigenvalue weighted by Gasteiger charge is 2.27. The van der Waals surface area contributed by atoms with E-state index in [1.165, 1.54) is 6.07 Å². The third kappa shape index (κ3) is 4.65. The molecule has 1 saturated heterocycles. The summed E-state index contributed by atoms with van der Waals surface area (Å²) in [5, 5.41) is 0. The molecular weight excluding hydrogens is 343 g/mol. The number of hydrogen-bond acceptors (Lipinski definition) is 4. The summed E-state index contributed by atoms with van der Waals surface area (Å²) in [6.45, 7) is 7.16. The Labute approximate surface area is 160 Å². The van der Waals surface area contributed by atoms with Gasteiger partial charge in [0.15, 0.2) is 11.6 Å². The Morgan fingerprint density at radius 1 is 1.30 bits per heavy atom. The third-order valence-corrected chi connectivity index (χ3v) is 5.07. The van der Waals surface area contributed by atoms with Gasteiger partial charge >= 0.3 is 0 Å². The zero-order valence-corrected chi connectivity index (χ0v) is 16.2. The Balaban J connectivity index is 1.60. The first-order valence-electron chi connectivity index (χ1n) is 9.65. The van der Waals surface area contributed by atoms with Crippen molar-refractivity contribution in [3.63, 3.8) is 0 Å². The fraction of sp³-hybridized carbons (Fsp3) is 0.455. The number of pyridine rings is 1. The standard InChI is InChI=1S/C22H27FN2O2/c1-4-5-21(26)16(3)17-7-9-18(10-8-17)27-19-12-13-25(14-19)22-20(23)11-6-15(2)24-22/h6-11,16,19H,4-5,12-14H2,1-3H3/t16?,19-/m1/s1. The van der Waals surface area contributed by atoms with Crippen LogP contribution in [-0.2, 0) is 4.79 Å². The van der Waals surface area contributed by atoms with Gasteiger partial charge in [-0.25, -0.2) is 9.37 Å². The number of benzene rings is 1. The van der Waals surface area contributed by atoms with Crippen LogP contribution in [0.25, 0.3) is 0 Å². The number of aromatic nitrogens is 1. The number of aryl methyl sites for hydroxylation is 1. The zero-order valence-electron chi connectivity index (χ0n) is 16.2. The summed E-state index contributed by atoms with van der Waals surface area (Å²) < 4.78 is 20.1. The average Bonchev–Trinajstić information content (AvgIpc) is 3.12. The maximum Gasteiger partial charge on any atom is 0.165 e.